The maximum atomic E-state index is 13.9. The summed E-state index contributed by atoms with van der Waals surface area (Å²) in [4.78, 5) is 26.7. The van der Waals surface area contributed by atoms with E-state index in [1.165, 1.54) is 37.8 Å². The monoisotopic (exact) mass is 491 g/mol. The molecule has 0 fully saturated rings. The van der Waals surface area contributed by atoms with Crippen molar-refractivity contribution in [3.8, 4) is 11.8 Å². The normalized spacial score (nSPS) is 16.9. The van der Waals surface area contributed by atoms with Gasteiger partial charge in [-0.2, -0.15) is 27.2 Å². The molecule has 11 heteroatoms. The lowest BCUT2D eigenvalue weighted by Crippen LogP contribution is -2.54. The second-order valence-corrected chi connectivity index (χ2v) is 8.63. The minimum Gasteiger partial charge on any atom is -0.481 e. The predicted molar refractivity (Wildman–Crippen MR) is 113 cm³/mol. The molecule has 0 aromatic heterocycles. The highest BCUT2D eigenvalue weighted by Gasteiger charge is 2.64. The molecule has 182 valence electrons. The summed E-state index contributed by atoms with van der Waals surface area (Å²) in [7, 11) is 0. The molecule has 0 radical (unpaired) electrons. The van der Waals surface area contributed by atoms with Gasteiger partial charge in [-0.3, -0.25) is 9.59 Å². The van der Waals surface area contributed by atoms with Crippen molar-refractivity contribution in [1.82, 2.24) is 10.2 Å². The van der Waals surface area contributed by atoms with Crippen LogP contribution in [0, 0.1) is 18.3 Å². The first-order valence-corrected chi connectivity index (χ1v) is 10.3. The molecule has 2 aromatic carbocycles. The summed E-state index contributed by atoms with van der Waals surface area (Å²) in [5.74, 6) is -8.69. The van der Waals surface area contributed by atoms with Crippen molar-refractivity contribution >= 4 is 17.5 Å². The second-order valence-electron chi connectivity index (χ2n) is 8.63. The summed E-state index contributed by atoms with van der Waals surface area (Å²) in [5.41, 5.74) is -0.696. The number of carbonyl (C=O) groups excluding carboxylic acids is 2. The van der Waals surface area contributed by atoms with E-state index in [0.29, 0.717) is 16.7 Å². The molecule has 0 spiro atoms. The summed E-state index contributed by atoms with van der Waals surface area (Å²) in [6.07, 6.45) is -6.14. The minimum atomic E-state index is -6.14. The van der Waals surface area contributed by atoms with Crippen LogP contribution in [-0.2, 0) is 11.3 Å². The number of benzene rings is 2. The number of fused-ring (bicyclic) bond motifs is 2. The van der Waals surface area contributed by atoms with Gasteiger partial charge in [0.05, 0.1) is 29.6 Å². The van der Waals surface area contributed by atoms with Gasteiger partial charge in [0.2, 0.25) is 0 Å². The third-order valence-corrected chi connectivity index (χ3v) is 5.96. The average Bonchev–Trinajstić information content (AvgIpc) is 3.10. The minimum absolute atomic E-state index is 0.0366. The lowest BCUT2D eigenvalue weighted by Gasteiger charge is -2.40. The molecule has 1 N–H and O–H groups in total. The zero-order chi connectivity index (χ0) is 25.9. The average molecular weight is 491 g/mol. The fourth-order valence-corrected chi connectivity index (χ4v) is 4.16. The quantitative estimate of drug-likeness (QED) is 0.633. The van der Waals surface area contributed by atoms with Gasteiger partial charge in [-0.05, 0) is 50.1 Å². The molecule has 0 saturated heterocycles. The van der Waals surface area contributed by atoms with Crippen molar-refractivity contribution in [2.24, 2.45) is 0 Å². The van der Waals surface area contributed by atoms with Crippen molar-refractivity contribution in [2.45, 2.75) is 45.0 Å². The molecular weight excluding hydrogens is 473 g/mol. The third-order valence-electron chi connectivity index (χ3n) is 5.96. The van der Waals surface area contributed by atoms with Crippen molar-refractivity contribution in [3.05, 3.63) is 69.9 Å². The highest BCUT2D eigenvalue weighted by molar-refractivity contribution is 6.05. The van der Waals surface area contributed by atoms with E-state index in [4.69, 9.17) is 4.74 Å². The van der Waals surface area contributed by atoms with E-state index < -0.39 is 35.2 Å². The van der Waals surface area contributed by atoms with Crippen molar-refractivity contribution in [2.75, 3.05) is 0 Å². The van der Waals surface area contributed by atoms with E-state index in [-0.39, 0.29) is 29.1 Å². The smallest absolute Gasteiger partial charge is 0.463 e. The van der Waals surface area contributed by atoms with Crippen molar-refractivity contribution in [1.29, 1.82) is 5.26 Å². The Morgan fingerprint density at radius 1 is 1.14 bits per heavy atom. The third kappa shape index (κ3) is 3.69. The lowest BCUT2D eigenvalue weighted by molar-refractivity contribution is -0.269. The van der Waals surface area contributed by atoms with Gasteiger partial charge in [0.15, 0.2) is 0 Å². The van der Waals surface area contributed by atoms with Crippen LogP contribution in [0.15, 0.2) is 42.1 Å². The van der Waals surface area contributed by atoms with Crippen molar-refractivity contribution in [3.63, 3.8) is 0 Å². The maximum absolute atomic E-state index is 13.9. The highest BCUT2D eigenvalue weighted by Crippen LogP contribution is 2.46. The Morgan fingerprint density at radius 2 is 1.80 bits per heavy atom. The molecule has 35 heavy (non-hydrogen) atoms. The van der Waals surface area contributed by atoms with Crippen LogP contribution in [0.2, 0.25) is 0 Å². The highest BCUT2D eigenvalue weighted by atomic mass is 19.4. The van der Waals surface area contributed by atoms with Crippen LogP contribution in [-0.4, -0.2) is 34.4 Å². The molecule has 2 aromatic rings. The summed E-state index contributed by atoms with van der Waals surface area (Å²) in [5, 5.41) is 11.2. The number of hydrogen-bond donors (Lipinski definition) is 1. The molecule has 2 aliphatic rings. The molecule has 0 saturated carbocycles. The topological polar surface area (TPSA) is 82.4 Å². The van der Waals surface area contributed by atoms with E-state index in [1.54, 1.807) is 29.6 Å². The maximum Gasteiger partial charge on any atom is 0.463 e. The largest absolute Gasteiger partial charge is 0.481 e. The van der Waals surface area contributed by atoms with Crippen LogP contribution in [0.3, 0.4) is 0 Å². The summed E-state index contributed by atoms with van der Waals surface area (Å²) in [6.45, 7) is 4.21. The van der Waals surface area contributed by atoms with Crippen LogP contribution >= 0.6 is 0 Å². The molecule has 2 heterocycles. The summed E-state index contributed by atoms with van der Waals surface area (Å²) in [6, 6.07) is 11.4. The zero-order valence-corrected chi connectivity index (χ0v) is 18.7. The van der Waals surface area contributed by atoms with Gasteiger partial charge >= 0.3 is 18.0 Å². The summed E-state index contributed by atoms with van der Waals surface area (Å²) >= 11 is 0. The first-order chi connectivity index (χ1) is 16.2. The van der Waals surface area contributed by atoms with Crippen LogP contribution in [0.25, 0.3) is 5.70 Å². The lowest BCUT2D eigenvalue weighted by atomic mass is 9.89. The standard InChI is InChI=1S/C24H18F5N3O3/c1-12-13(10-30)8-9-16-17(12)18(32-11-14-6-4-5-7-15(14)20(32)33)19(22(2,3)35-16)31-21(34)23(25,26)24(27,28)29/h4-9H,11H2,1-3H3,(H,31,34). The number of alkyl halides is 5. The molecule has 2 amide bonds. The Hall–Kier alpha value is -3.94. The van der Waals surface area contributed by atoms with Gasteiger partial charge < -0.3 is 15.0 Å². The van der Waals surface area contributed by atoms with Crippen LogP contribution in [0.4, 0.5) is 22.0 Å². The number of carbonyl (C=O) groups is 2. The molecule has 0 bridgehead atoms. The molecule has 0 aliphatic carbocycles. The Balaban J connectivity index is 1.98. The van der Waals surface area contributed by atoms with Gasteiger partial charge in [-0.25, -0.2) is 0 Å². The predicted octanol–water partition coefficient (Wildman–Crippen LogP) is 4.68. The zero-order valence-electron chi connectivity index (χ0n) is 18.7. The number of nitrogens with zero attached hydrogens (tertiary/aromatic N) is 2. The number of nitriles is 1. The molecule has 2 aliphatic heterocycles. The summed E-state index contributed by atoms with van der Waals surface area (Å²) < 4.78 is 72.4. The number of hydrogen-bond acceptors (Lipinski definition) is 4. The van der Waals surface area contributed by atoms with Gasteiger partial charge in [-0.1, -0.05) is 18.2 Å². The molecule has 4 rings (SSSR count). The molecule has 6 nitrogen and oxygen atoms in total. The Labute approximate surface area is 196 Å². The number of ether oxygens (including phenoxy) is 1. The van der Waals surface area contributed by atoms with E-state index in [0.717, 1.165) is 0 Å². The Morgan fingerprint density at radius 3 is 2.40 bits per heavy atom. The van der Waals surface area contributed by atoms with E-state index >= 15 is 0 Å². The number of nitrogens with one attached hydrogen (secondary N) is 1. The van der Waals surface area contributed by atoms with Gasteiger partial charge in [0.25, 0.3) is 5.91 Å². The van der Waals surface area contributed by atoms with Crippen molar-refractivity contribution < 1.29 is 36.3 Å². The van der Waals surface area contributed by atoms with Gasteiger partial charge in [-0.15, -0.1) is 0 Å². The van der Waals surface area contributed by atoms with Gasteiger partial charge in [0.1, 0.15) is 11.4 Å². The first-order valence-electron chi connectivity index (χ1n) is 10.3. The second kappa shape index (κ2) is 7.80. The Kier molecular flexibility index (Phi) is 5.39. The van der Waals surface area contributed by atoms with E-state index in [1.807, 2.05) is 6.07 Å². The number of amides is 2. The van der Waals surface area contributed by atoms with Gasteiger partial charge in [0, 0.05) is 11.1 Å². The van der Waals surface area contributed by atoms with E-state index in [2.05, 4.69) is 0 Å². The van der Waals surface area contributed by atoms with Crippen LogP contribution in [0.5, 0.6) is 5.75 Å². The molecular formula is C24H18F5N3O3. The van der Waals surface area contributed by atoms with Crippen LogP contribution < -0.4 is 10.1 Å². The fourth-order valence-electron chi connectivity index (χ4n) is 4.16. The van der Waals surface area contributed by atoms with Crippen LogP contribution in [0.1, 0.15) is 46.5 Å². The number of halogens is 5. The molecule has 0 atom stereocenters. The SMILES string of the molecule is Cc1c(C#N)ccc2c1C(N1Cc3ccccc3C1=O)=C(NC(=O)C(F)(F)C(F)(F)F)C(C)(C)O2. The van der Waals surface area contributed by atoms with E-state index in [9.17, 15) is 36.8 Å². The number of rotatable bonds is 3. The molecule has 0 unspecified atom stereocenters. The Bertz CT molecular complexity index is 1340. The fraction of sp³-hybridized carbons (Fsp3) is 0.292. The first kappa shape index (κ1) is 24.2.